The molecule has 0 radical (unpaired) electrons. The number of hydrogen-bond donors (Lipinski definition) is 2. The Kier molecular flexibility index (Phi) is 11.4. The van der Waals surface area contributed by atoms with Gasteiger partial charge in [0, 0.05) is 12.2 Å². The minimum absolute atomic E-state index is 0. The van der Waals surface area contributed by atoms with Gasteiger partial charge in [0.15, 0.2) is 0 Å². The normalized spacial score (nSPS) is 9.50. The molecule has 0 aliphatic heterocycles. The van der Waals surface area contributed by atoms with E-state index in [9.17, 15) is 9.35 Å². The molecule has 0 atom stereocenters. The third kappa shape index (κ3) is 11.3. The van der Waals surface area contributed by atoms with Gasteiger partial charge < -0.3 is 14.2 Å². The van der Waals surface area contributed by atoms with E-state index in [1.807, 2.05) is 18.2 Å². The zero-order valence-corrected chi connectivity index (χ0v) is 14.4. The zero-order chi connectivity index (χ0) is 13.5. The first-order chi connectivity index (χ1) is 7.75. The Morgan fingerprint density at radius 1 is 1.39 bits per heavy atom. The van der Waals surface area contributed by atoms with Gasteiger partial charge in [-0.2, -0.15) is 0 Å². The van der Waals surface area contributed by atoms with Crippen LogP contribution in [-0.2, 0) is 30.1 Å². The Morgan fingerprint density at radius 3 is 2.06 bits per heavy atom. The molecule has 1 rings (SSSR count). The van der Waals surface area contributed by atoms with Crippen LogP contribution >= 0.6 is 0 Å². The van der Waals surface area contributed by atoms with Crippen LogP contribution in [0.3, 0.4) is 0 Å². The third-order valence-corrected chi connectivity index (χ3v) is 1.61. The third-order valence-electron chi connectivity index (χ3n) is 1.61. The van der Waals surface area contributed by atoms with Gasteiger partial charge in [-0.1, -0.05) is 25.9 Å². The molecule has 0 fully saturated rings. The van der Waals surface area contributed by atoms with Crippen molar-refractivity contribution in [3.8, 4) is 0 Å². The van der Waals surface area contributed by atoms with Crippen molar-refractivity contribution in [3.63, 3.8) is 0 Å². The van der Waals surface area contributed by atoms with Crippen molar-refractivity contribution < 1.29 is 48.6 Å². The van der Waals surface area contributed by atoms with Gasteiger partial charge in [-0.3, -0.25) is 4.90 Å². The fourth-order valence-electron chi connectivity index (χ4n) is 1.04. The van der Waals surface area contributed by atoms with Crippen molar-refractivity contribution in [2.45, 2.75) is 6.92 Å². The Hall–Kier alpha value is 0.200. The Morgan fingerprint density at radius 2 is 1.78 bits per heavy atom. The molecule has 2 N–H and O–H groups in total. The first kappa shape index (κ1) is 20.5. The van der Waals surface area contributed by atoms with E-state index in [1.54, 1.807) is 19.1 Å². The van der Waals surface area contributed by atoms with Crippen LogP contribution in [0.1, 0.15) is 6.92 Å². The van der Waals surface area contributed by atoms with Gasteiger partial charge >= 0.3 is 35.7 Å². The van der Waals surface area contributed by atoms with Gasteiger partial charge in [-0.05, 0) is 41.4 Å². The van der Waals surface area contributed by atoms with Crippen molar-refractivity contribution in [2.75, 3.05) is 11.4 Å². The average Bonchev–Trinajstić information content (AvgIpc) is 2.17. The summed E-state index contributed by atoms with van der Waals surface area (Å²) in [6, 6.07) is 9.05. The predicted molar refractivity (Wildman–Crippen MR) is 73.0 cm³/mol. The van der Waals surface area contributed by atoms with Crippen LogP contribution in [0.15, 0.2) is 30.3 Å². The smallest absolute Gasteiger partial charge is 0.770 e. The second-order valence-corrected chi connectivity index (χ2v) is 6.99. The number of carbonyl (C=O) groups is 1. The summed E-state index contributed by atoms with van der Waals surface area (Å²) in [7, 11) is -3.25. The molecule has 9 heteroatoms. The molecule has 18 heavy (non-hydrogen) atoms. The molecule has 0 heterocycles. The minimum Gasteiger partial charge on any atom is -0.770 e. The molecule has 0 saturated heterocycles. The molecule has 1 aromatic carbocycles. The molecule has 0 spiro atoms. The summed E-state index contributed by atoms with van der Waals surface area (Å²) in [6.07, 6.45) is -0.913. The van der Waals surface area contributed by atoms with Crippen molar-refractivity contribution in [1.82, 2.24) is 0 Å². The van der Waals surface area contributed by atoms with E-state index in [2.05, 4.69) is 22.4 Å². The predicted octanol–water partition coefficient (Wildman–Crippen LogP) is -1.14. The largest absolute Gasteiger partial charge is 1.00 e. The van der Waals surface area contributed by atoms with Crippen molar-refractivity contribution in [3.05, 3.63) is 30.3 Å². The Labute approximate surface area is 138 Å². The summed E-state index contributed by atoms with van der Waals surface area (Å²) in [5.74, 6) is 0. The summed E-state index contributed by atoms with van der Waals surface area (Å²) >= 11 is 7.45. The van der Waals surface area contributed by atoms with Gasteiger partial charge in [0.05, 0.1) is 0 Å². The van der Waals surface area contributed by atoms with Crippen LogP contribution < -0.4 is 34.5 Å². The molecule has 0 unspecified atom stereocenters. The molecule has 1 amide bonds. The molecule has 0 aliphatic carbocycles. The van der Waals surface area contributed by atoms with Gasteiger partial charge in [-0.25, -0.2) is 4.79 Å². The Balaban J connectivity index is 0. The first-order valence-corrected chi connectivity index (χ1v) is 7.86. The molecule has 0 bridgehead atoms. The standard InChI is InChI=1S/C9H11NO2.Na.H2O2S3/c1-2-10(9(11)12)8-6-4-3-5-7-8;;1-5(2,3)4/h3-7H,2H2,1H3,(H,11,12);;(H2,1,2,3,4)/q;+1;/p-1. The monoisotopic (exact) mass is 317 g/mol. The van der Waals surface area contributed by atoms with Gasteiger partial charge in [0.2, 0.25) is 0 Å². The van der Waals surface area contributed by atoms with E-state index in [-0.39, 0.29) is 29.6 Å². The maximum absolute atomic E-state index is 10.7. The molecule has 5 nitrogen and oxygen atoms in total. The number of para-hydroxylation sites is 1. The summed E-state index contributed by atoms with van der Waals surface area (Å²) in [5, 5.41) is 8.75. The van der Waals surface area contributed by atoms with E-state index in [4.69, 9.17) is 9.66 Å². The van der Waals surface area contributed by atoms with E-state index in [0.717, 1.165) is 0 Å². The van der Waals surface area contributed by atoms with Gasteiger partial charge in [-0.15, -0.1) is 0 Å². The number of hydrogen-bond acceptors (Lipinski definition) is 4. The van der Waals surface area contributed by atoms with E-state index in [1.165, 1.54) is 4.90 Å². The second kappa shape index (κ2) is 10.0. The van der Waals surface area contributed by atoms with Gasteiger partial charge in [0.25, 0.3) is 0 Å². The first-order valence-electron chi connectivity index (χ1n) is 4.49. The van der Waals surface area contributed by atoms with Crippen LogP contribution in [-0.4, -0.2) is 26.9 Å². The molecule has 96 valence electrons. The maximum atomic E-state index is 10.7. The molecular formula is C9H12NNaO4S3. The minimum atomic E-state index is -3.25. The number of amides is 1. The van der Waals surface area contributed by atoms with Crippen LogP contribution in [0, 0.1) is 0 Å². The van der Waals surface area contributed by atoms with Gasteiger partial charge in [0.1, 0.15) is 0 Å². The molecular weight excluding hydrogens is 305 g/mol. The average molecular weight is 317 g/mol. The zero-order valence-electron chi connectivity index (χ0n) is 9.98. The number of anilines is 1. The fourth-order valence-corrected chi connectivity index (χ4v) is 1.04. The maximum Gasteiger partial charge on any atom is 1.00 e. The number of benzene rings is 1. The van der Waals surface area contributed by atoms with Crippen LogP contribution in [0.25, 0.3) is 0 Å². The Bertz CT molecular complexity index is 444. The molecule has 1 aromatic rings. The number of rotatable bonds is 2. The van der Waals surface area contributed by atoms with Crippen molar-refractivity contribution >= 4 is 41.9 Å². The summed E-state index contributed by atoms with van der Waals surface area (Å²) in [6.45, 7) is 2.28. The topological polar surface area (TPSA) is 83.8 Å². The van der Waals surface area contributed by atoms with Crippen LogP contribution in [0.4, 0.5) is 10.5 Å². The molecule has 0 aromatic heterocycles. The second-order valence-electron chi connectivity index (χ2n) is 2.79. The van der Waals surface area contributed by atoms with E-state index >= 15 is 0 Å². The molecule has 0 aliphatic rings. The quantitative estimate of drug-likeness (QED) is 0.671. The number of nitrogens with zero attached hydrogens (tertiary/aromatic N) is 1. The molecule has 0 saturated carbocycles. The van der Waals surface area contributed by atoms with Crippen molar-refractivity contribution in [1.29, 1.82) is 0 Å². The summed E-state index contributed by atoms with van der Waals surface area (Å²) < 4.78 is 17.1. The van der Waals surface area contributed by atoms with E-state index < -0.39 is 13.8 Å². The van der Waals surface area contributed by atoms with E-state index in [0.29, 0.717) is 12.2 Å². The summed E-state index contributed by atoms with van der Waals surface area (Å²) in [4.78, 5) is 11.9. The summed E-state index contributed by atoms with van der Waals surface area (Å²) in [5.41, 5.74) is 0.715. The number of carboxylic acid groups (broad SMARTS) is 1. The van der Waals surface area contributed by atoms with Crippen LogP contribution in [0.5, 0.6) is 0 Å². The van der Waals surface area contributed by atoms with Crippen molar-refractivity contribution in [2.24, 2.45) is 0 Å². The SMILES string of the molecule is CCN(C(=O)O)c1ccccc1.[Na+].[O-]S(O)(=S)=S. The fraction of sp³-hybridized carbons (Fsp3) is 0.222. The van der Waals surface area contributed by atoms with Crippen LogP contribution in [0.2, 0.25) is 0 Å².